The van der Waals surface area contributed by atoms with Crippen LogP contribution in [0.4, 0.5) is 0 Å². The molecule has 0 aliphatic carbocycles. The maximum Gasteiger partial charge on any atom is 0.336 e. The summed E-state index contributed by atoms with van der Waals surface area (Å²) in [5, 5.41) is 12.8. The van der Waals surface area contributed by atoms with Crippen LogP contribution in [-0.4, -0.2) is 29.8 Å². The van der Waals surface area contributed by atoms with Gasteiger partial charge in [0.15, 0.2) is 0 Å². The topological polar surface area (TPSA) is 88.8 Å². The number of ether oxygens (including phenoxy) is 1. The summed E-state index contributed by atoms with van der Waals surface area (Å²) in [7, 11) is 0. The van der Waals surface area contributed by atoms with Gasteiger partial charge in [-0.3, -0.25) is 4.79 Å². The average Bonchev–Trinajstić information content (AvgIpc) is 2.34. The molecule has 0 atom stereocenters. The van der Waals surface area contributed by atoms with E-state index >= 15 is 0 Å². The third-order valence-corrected chi connectivity index (χ3v) is 3.62. The zero-order chi connectivity index (χ0) is 15.0. The molecule has 6 heteroatoms. The maximum absolute atomic E-state index is 11.4. The number of fused-ring (bicyclic) bond motifs is 1. The molecule has 0 bridgehead atoms. The summed E-state index contributed by atoms with van der Waals surface area (Å²) < 4.78 is 11.0. The number of hydrogen-bond acceptors (Lipinski definition) is 5. The van der Waals surface area contributed by atoms with Gasteiger partial charge in [0.1, 0.15) is 16.9 Å². The van der Waals surface area contributed by atoms with Crippen molar-refractivity contribution in [2.24, 2.45) is 0 Å². The first kappa shape index (κ1) is 13.6. The molecule has 3 rings (SSSR count). The predicted molar refractivity (Wildman–Crippen MR) is 75.7 cm³/mol. The highest BCUT2D eigenvalue weighted by atomic mass is 16.5. The molecule has 0 unspecified atom stereocenters. The van der Waals surface area contributed by atoms with Gasteiger partial charge in [0.25, 0.3) is 0 Å². The summed E-state index contributed by atoms with van der Waals surface area (Å²) >= 11 is 0. The molecule has 2 N–H and O–H groups in total. The summed E-state index contributed by atoms with van der Waals surface area (Å²) in [6, 6.07) is 6.64. The second-order valence-corrected chi connectivity index (χ2v) is 5.37. The number of carboxylic acid groups (broad SMARTS) is 1. The van der Waals surface area contributed by atoms with E-state index in [-0.39, 0.29) is 6.42 Å². The lowest BCUT2D eigenvalue weighted by Gasteiger charge is -2.41. The monoisotopic (exact) mass is 289 g/mol. The fourth-order valence-electron chi connectivity index (χ4n) is 2.53. The summed E-state index contributed by atoms with van der Waals surface area (Å²) in [6.07, 6.45) is -0.0736. The van der Waals surface area contributed by atoms with Crippen LogP contribution < -0.4 is 15.7 Å². The molecule has 1 fully saturated rings. The van der Waals surface area contributed by atoms with Crippen molar-refractivity contribution in [3.8, 4) is 5.75 Å². The first-order valence-corrected chi connectivity index (χ1v) is 6.64. The predicted octanol–water partition coefficient (Wildman–Crippen LogP) is 1.30. The van der Waals surface area contributed by atoms with Gasteiger partial charge in [-0.2, -0.15) is 0 Å². The minimum Gasteiger partial charge on any atom is -0.484 e. The fraction of sp³-hybridized carbons (Fsp3) is 0.333. The molecular formula is C15H15NO5. The molecule has 2 heterocycles. The van der Waals surface area contributed by atoms with Gasteiger partial charge in [-0.05, 0) is 24.6 Å². The van der Waals surface area contributed by atoms with Gasteiger partial charge in [-0.1, -0.05) is 0 Å². The minimum absolute atomic E-state index is 0.0736. The third kappa shape index (κ3) is 2.62. The molecule has 1 aromatic carbocycles. The molecule has 2 aromatic rings. The zero-order valence-corrected chi connectivity index (χ0v) is 11.5. The number of hydrogen-bond donors (Lipinski definition) is 2. The van der Waals surface area contributed by atoms with Crippen molar-refractivity contribution in [1.29, 1.82) is 0 Å². The smallest absolute Gasteiger partial charge is 0.336 e. The van der Waals surface area contributed by atoms with Crippen LogP contribution in [0.15, 0.2) is 33.5 Å². The van der Waals surface area contributed by atoms with Gasteiger partial charge in [0.05, 0.1) is 6.42 Å². The Morgan fingerprint density at radius 2 is 2.19 bits per heavy atom. The van der Waals surface area contributed by atoms with Crippen LogP contribution in [0.2, 0.25) is 0 Å². The molecule has 21 heavy (non-hydrogen) atoms. The lowest BCUT2D eigenvalue weighted by Crippen LogP contribution is -2.64. The Labute approximate surface area is 120 Å². The SMILES string of the molecule is Cc1cc(=O)oc2cc(OC3(CC(=O)O)CNC3)ccc12. The second kappa shape index (κ2) is 4.89. The Morgan fingerprint density at radius 3 is 2.81 bits per heavy atom. The Morgan fingerprint density at radius 1 is 1.43 bits per heavy atom. The van der Waals surface area contributed by atoms with Crippen molar-refractivity contribution in [3.63, 3.8) is 0 Å². The second-order valence-electron chi connectivity index (χ2n) is 5.37. The lowest BCUT2D eigenvalue weighted by atomic mass is 9.92. The number of carboxylic acids is 1. The van der Waals surface area contributed by atoms with Crippen LogP contribution in [0.1, 0.15) is 12.0 Å². The van der Waals surface area contributed by atoms with E-state index in [2.05, 4.69) is 5.32 Å². The van der Waals surface area contributed by atoms with E-state index in [4.69, 9.17) is 14.3 Å². The van der Waals surface area contributed by atoms with Crippen LogP contribution in [0.3, 0.4) is 0 Å². The molecule has 1 saturated heterocycles. The summed E-state index contributed by atoms with van der Waals surface area (Å²) in [5.74, 6) is -0.404. The van der Waals surface area contributed by atoms with Gasteiger partial charge < -0.3 is 19.6 Å². The van der Waals surface area contributed by atoms with Crippen LogP contribution in [0.25, 0.3) is 11.0 Å². The Balaban J connectivity index is 1.94. The number of aryl methyl sites for hydroxylation is 1. The molecule has 1 aromatic heterocycles. The Bertz CT molecular complexity index is 760. The van der Waals surface area contributed by atoms with Crippen molar-refractivity contribution < 1.29 is 19.1 Å². The molecule has 0 saturated carbocycles. The normalized spacial score (nSPS) is 16.4. The van der Waals surface area contributed by atoms with Crippen molar-refractivity contribution in [2.45, 2.75) is 18.9 Å². The van der Waals surface area contributed by atoms with Gasteiger partial charge in [-0.15, -0.1) is 0 Å². The number of aliphatic carboxylic acids is 1. The van der Waals surface area contributed by atoms with Crippen LogP contribution in [0.5, 0.6) is 5.75 Å². The molecule has 0 spiro atoms. The first-order chi connectivity index (χ1) is 9.97. The summed E-state index contributed by atoms with van der Waals surface area (Å²) in [5.41, 5.74) is 0.125. The van der Waals surface area contributed by atoms with Crippen molar-refractivity contribution in [1.82, 2.24) is 5.32 Å². The van der Waals surface area contributed by atoms with Crippen LogP contribution >= 0.6 is 0 Å². The molecule has 1 aliphatic rings. The zero-order valence-electron chi connectivity index (χ0n) is 11.5. The number of benzene rings is 1. The maximum atomic E-state index is 11.4. The molecule has 110 valence electrons. The third-order valence-electron chi connectivity index (χ3n) is 3.62. The van der Waals surface area contributed by atoms with E-state index in [0.717, 1.165) is 10.9 Å². The summed E-state index contributed by atoms with van der Waals surface area (Å²) in [4.78, 5) is 22.4. The standard InChI is InChI=1S/C15H15NO5/c1-9-4-14(19)20-12-5-10(2-3-11(9)12)21-15(6-13(17)18)7-16-8-15/h2-5,16H,6-8H2,1H3,(H,17,18). The number of rotatable bonds is 4. The Hall–Kier alpha value is -2.34. The highest BCUT2D eigenvalue weighted by Crippen LogP contribution is 2.28. The van der Waals surface area contributed by atoms with E-state index in [9.17, 15) is 9.59 Å². The van der Waals surface area contributed by atoms with E-state index in [1.54, 1.807) is 12.1 Å². The number of carbonyl (C=O) groups is 1. The van der Waals surface area contributed by atoms with Crippen LogP contribution in [-0.2, 0) is 4.79 Å². The molecule has 1 aliphatic heterocycles. The van der Waals surface area contributed by atoms with Gasteiger partial charge in [-0.25, -0.2) is 4.79 Å². The van der Waals surface area contributed by atoms with E-state index < -0.39 is 17.2 Å². The fourth-order valence-corrected chi connectivity index (χ4v) is 2.53. The van der Waals surface area contributed by atoms with E-state index in [1.807, 2.05) is 13.0 Å². The largest absolute Gasteiger partial charge is 0.484 e. The first-order valence-electron chi connectivity index (χ1n) is 6.64. The highest BCUT2D eigenvalue weighted by Gasteiger charge is 2.41. The van der Waals surface area contributed by atoms with Crippen molar-refractivity contribution in [3.05, 3.63) is 40.2 Å². The quantitative estimate of drug-likeness (QED) is 0.825. The average molecular weight is 289 g/mol. The minimum atomic E-state index is -0.903. The Kier molecular flexibility index (Phi) is 3.17. The highest BCUT2D eigenvalue weighted by molar-refractivity contribution is 5.81. The van der Waals surface area contributed by atoms with Crippen molar-refractivity contribution >= 4 is 16.9 Å². The molecule has 0 radical (unpaired) electrons. The van der Waals surface area contributed by atoms with Gasteiger partial charge >= 0.3 is 11.6 Å². The molecule has 0 amide bonds. The van der Waals surface area contributed by atoms with Gasteiger partial charge in [0, 0.05) is 30.6 Å². The summed E-state index contributed by atoms with van der Waals surface area (Å²) in [6.45, 7) is 2.80. The number of nitrogens with one attached hydrogen (secondary N) is 1. The van der Waals surface area contributed by atoms with E-state index in [1.165, 1.54) is 6.07 Å². The van der Waals surface area contributed by atoms with E-state index in [0.29, 0.717) is 24.4 Å². The van der Waals surface area contributed by atoms with Gasteiger partial charge in [0.2, 0.25) is 0 Å². The molecule has 6 nitrogen and oxygen atoms in total. The lowest BCUT2D eigenvalue weighted by molar-refractivity contribution is -0.143. The van der Waals surface area contributed by atoms with Crippen LogP contribution in [0, 0.1) is 6.92 Å². The molecular weight excluding hydrogens is 274 g/mol. The van der Waals surface area contributed by atoms with Crippen molar-refractivity contribution in [2.75, 3.05) is 13.1 Å².